The molecule has 0 spiro atoms. The molecule has 3 aromatic heterocycles. The van der Waals surface area contributed by atoms with Crippen molar-refractivity contribution in [2.24, 2.45) is 0 Å². The molecule has 0 aliphatic heterocycles. The highest BCUT2D eigenvalue weighted by Crippen LogP contribution is 2.15. The Morgan fingerprint density at radius 3 is 2.79 bits per heavy atom. The van der Waals surface area contributed by atoms with Crippen LogP contribution in [0.25, 0.3) is 16.6 Å². The lowest BCUT2D eigenvalue weighted by atomic mass is 10.1. The van der Waals surface area contributed by atoms with Crippen molar-refractivity contribution in [1.82, 2.24) is 29.4 Å². The number of nitrogens with zero attached hydrogens (tertiary/aromatic N) is 6. The summed E-state index contributed by atoms with van der Waals surface area (Å²) in [5.74, 6) is 0.303. The van der Waals surface area contributed by atoms with Crippen LogP contribution in [0.5, 0.6) is 0 Å². The van der Waals surface area contributed by atoms with Gasteiger partial charge in [-0.15, -0.1) is 5.10 Å². The largest absolute Gasteiger partial charge is 0.466 e. The van der Waals surface area contributed by atoms with E-state index < -0.39 is 5.97 Å². The van der Waals surface area contributed by atoms with E-state index in [1.807, 2.05) is 0 Å². The molecule has 0 fully saturated rings. The van der Waals surface area contributed by atoms with Crippen LogP contribution in [0, 0.1) is 0 Å². The van der Waals surface area contributed by atoms with Crippen LogP contribution in [-0.2, 0) is 22.5 Å². The van der Waals surface area contributed by atoms with Crippen LogP contribution in [0.15, 0.2) is 41.5 Å². The molecular formula is C18H15ClN6O3. The second-order valence-electron chi connectivity index (χ2n) is 5.98. The van der Waals surface area contributed by atoms with Gasteiger partial charge in [-0.3, -0.25) is 9.59 Å². The van der Waals surface area contributed by atoms with Crippen molar-refractivity contribution in [2.75, 3.05) is 6.61 Å². The molecular weight excluding hydrogens is 384 g/mol. The Kier molecular flexibility index (Phi) is 4.74. The van der Waals surface area contributed by atoms with Crippen molar-refractivity contribution >= 4 is 34.1 Å². The highest BCUT2D eigenvalue weighted by Gasteiger charge is 2.16. The van der Waals surface area contributed by atoms with E-state index in [0.717, 1.165) is 0 Å². The van der Waals surface area contributed by atoms with Gasteiger partial charge in [-0.2, -0.15) is 10.1 Å². The molecule has 0 bridgehead atoms. The average molecular weight is 399 g/mol. The van der Waals surface area contributed by atoms with E-state index in [0.29, 0.717) is 33.1 Å². The Morgan fingerprint density at radius 1 is 1.21 bits per heavy atom. The number of ether oxygens (including phenoxy) is 1. The summed E-state index contributed by atoms with van der Waals surface area (Å²) in [5, 5.41) is 10.1. The molecule has 0 unspecified atom stereocenters. The SMILES string of the molecule is CCOC(=O)Cc1nn(Cc2nc3ncc(Cl)cn3n2)c(=O)c2ccccc12. The quantitative estimate of drug-likeness (QED) is 0.470. The van der Waals surface area contributed by atoms with E-state index in [2.05, 4.69) is 20.2 Å². The number of rotatable bonds is 5. The van der Waals surface area contributed by atoms with Crippen molar-refractivity contribution in [3.63, 3.8) is 0 Å². The summed E-state index contributed by atoms with van der Waals surface area (Å²) in [7, 11) is 0. The summed E-state index contributed by atoms with van der Waals surface area (Å²) < 4.78 is 7.70. The Morgan fingerprint density at radius 2 is 2.00 bits per heavy atom. The van der Waals surface area contributed by atoms with Gasteiger partial charge in [0.1, 0.15) is 6.54 Å². The summed E-state index contributed by atoms with van der Waals surface area (Å²) in [6.07, 6.45) is 3.00. The maximum absolute atomic E-state index is 12.9. The zero-order valence-electron chi connectivity index (χ0n) is 14.9. The fraction of sp³-hybridized carbons (Fsp3) is 0.222. The first-order valence-corrected chi connectivity index (χ1v) is 8.94. The molecule has 4 rings (SSSR count). The monoisotopic (exact) mass is 398 g/mol. The maximum Gasteiger partial charge on any atom is 0.311 e. The molecule has 9 nitrogen and oxygen atoms in total. The van der Waals surface area contributed by atoms with Crippen molar-refractivity contribution in [1.29, 1.82) is 0 Å². The molecule has 1 aromatic carbocycles. The van der Waals surface area contributed by atoms with E-state index in [4.69, 9.17) is 16.3 Å². The number of benzene rings is 1. The Bertz CT molecular complexity index is 1250. The van der Waals surface area contributed by atoms with Crippen molar-refractivity contribution in [3.05, 3.63) is 63.6 Å². The van der Waals surface area contributed by atoms with Crippen LogP contribution >= 0.6 is 11.6 Å². The van der Waals surface area contributed by atoms with Crippen LogP contribution in [0.3, 0.4) is 0 Å². The third kappa shape index (κ3) is 3.44. The minimum Gasteiger partial charge on any atom is -0.466 e. The molecule has 4 aromatic rings. The third-order valence-corrected chi connectivity index (χ3v) is 4.25. The minimum atomic E-state index is -0.407. The first kappa shape index (κ1) is 18.1. The van der Waals surface area contributed by atoms with Crippen LogP contribution in [-0.4, -0.2) is 41.9 Å². The van der Waals surface area contributed by atoms with E-state index in [9.17, 15) is 9.59 Å². The summed E-state index contributed by atoms with van der Waals surface area (Å²) in [6.45, 7) is 2.04. The molecule has 0 radical (unpaired) electrons. The molecule has 0 saturated carbocycles. The molecule has 0 saturated heterocycles. The standard InChI is InChI=1S/C18H15ClN6O3/c1-2-28-16(26)7-14-12-5-3-4-6-13(12)17(27)24(22-14)10-15-21-18-20-8-11(19)9-25(18)23-15/h3-6,8-9H,2,7,10H2,1H3. The third-order valence-electron chi connectivity index (χ3n) is 4.06. The zero-order valence-corrected chi connectivity index (χ0v) is 15.6. The fourth-order valence-electron chi connectivity index (χ4n) is 2.89. The van der Waals surface area contributed by atoms with Crippen LogP contribution < -0.4 is 5.56 Å². The lowest BCUT2D eigenvalue weighted by molar-refractivity contribution is -0.142. The first-order valence-electron chi connectivity index (χ1n) is 8.56. The van der Waals surface area contributed by atoms with E-state index in [1.54, 1.807) is 37.4 Å². The van der Waals surface area contributed by atoms with E-state index in [1.165, 1.54) is 15.4 Å². The van der Waals surface area contributed by atoms with Crippen LogP contribution in [0.4, 0.5) is 0 Å². The van der Waals surface area contributed by atoms with Gasteiger partial charge in [0.2, 0.25) is 0 Å². The van der Waals surface area contributed by atoms with Crippen molar-refractivity contribution in [3.8, 4) is 0 Å². The molecule has 142 valence electrons. The summed E-state index contributed by atoms with van der Waals surface area (Å²) in [4.78, 5) is 33.2. The highest BCUT2D eigenvalue weighted by atomic mass is 35.5. The van der Waals surface area contributed by atoms with Gasteiger partial charge >= 0.3 is 5.97 Å². The molecule has 0 amide bonds. The van der Waals surface area contributed by atoms with Gasteiger partial charge in [-0.25, -0.2) is 14.2 Å². The predicted molar refractivity (Wildman–Crippen MR) is 101 cm³/mol. The normalized spacial score (nSPS) is 11.2. The van der Waals surface area contributed by atoms with Crippen molar-refractivity contribution in [2.45, 2.75) is 19.9 Å². The van der Waals surface area contributed by atoms with Crippen LogP contribution in [0.2, 0.25) is 5.02 Å². The molecule has 0 atom stereocenters. The molecule has 3 heterocycles. The van der Waals surface area contributed by atoms with Gasteiger partial charge in [-0.1, -0.05) is 29.8 Å². The number of fused-ring (bicyclic) bond motifs is 2. The highest BCUT2D eigenvalue weighted by molar-refractivity contribution is 6.30. The fourth-order valence-corrected chi connectivity index (χ4v) is 3.04. The Labute approximate surface area is 163 Å². The number of hydrogen-bond acceptors (Lipinski definition) is 7. The first-order chi connectivity index (χ1) is 13.5. The summed E-state index contributed by atoms with van der Waals surface area (Å²) in [6, 6.07) is 7.01. The number of carbonyl (C=O) groups excluding carboxylic acids is 1. The lowest BCUT2D eigenvalue weighted by Gasteiger charge is -2.09. The Balaban J connectivity index is 1.78. The van der Waals surface area contributed by atoms with E-state index in [-0.39, 0.29) is 25.1 Å². The zero-order chi connectivity index (χ0) is 19.7. The summed E-state index contributed by atoms with van der Waals surface area (Å²) >= 11 is 5.91. The predicted octanol–water partition coefficient (Wildman–Crippen LogP) is 1.64. The van der Waals surface area contributed by atoms with Gasteiger partial charge in [0, 0.05) is 5.39 Å². The van der Waals surface area contributed by atoms with Gasteiger partial charge in [0.05, 0.1) is 41.5 Å². The smallest absolute Gasteiger partial charge is 0.311 e. The van der Waals surface area contributed by atoms with E-state index >= 15 is 0 Å². The number of carbonyl (C=O) groups is 1. The van der Waals surface area contributed by atoms with Crippen molar-refractivity contribution < 1.29 is 9.53 Å². The Hall–Kier alpha value is -3.33. The van der Waals surface area contributed by atoms with Gasteiger partial charge < -0.3 is 4.74 Å². The molecule has 0 aliphatic carbocycles. The lowest BCUT2D eigenvalue weighted by Crippen LogP contribution is -2.26. The van der Waals surface area contributed by atoms with Gasteiger partial charge in [0.25, 0.3) is 11.3 Å². The molecule has 10 heteroatoms. The minimum absolute atomic E-state index is 0.0282. The number of aromatic nitrogens is 6. The second-order valence-corrected chi connectivity index (χ2v) is 6.42. The summed E-state index contributed by atoms with van der Waals surface area (Å²) in [5.41, 5.74) is 0.159. The number of halogens is 1. The number of esters is 1. The molecule has 0 N–H and O–H groups in total. The average Bonchev–Trinajstić information content (AvgIpc) is 3.07. The van der Waals surface area contributed by atoms with Crippen LogP contribution in [0.1, 0.15) is 18.4 Å². The molecule has 28 heavy (non-hydrogen) atoms. The second kappa shape index (κ2) is 7.35. The number of hydrogen-bond donors (Lipinski definition) is 0. The van der Waals surface area contributed by atoms with Gasteiger partial charge in [-0.05, 0) is 13.0 Å². The topological polar surface area (TPSA) is 104 Å². The maximum atomic E-state index is 12.9. The molecule has 0 aliphatic rings. The van der Waals surface area contributed by atoms with Gasteiger partial charge in [0.15, 0.2) is 5.82 Å².